The van der Waals surface area contributed by atoms with Gasteiger partial charge in [0, 0.05) is 0 Å². The van der Waals surface area contributed by atoms with Gasteiger partial charge in [-0.15, -0.1) is 0 Å². The third kappa shape index (κ3) is 1.12. The molecule has 0 aromatic carbocycles. The molecule has 4 heteroatoms. The Labute approximate surface area is 70.7 Å². The first kappa shape index (κ1) is 8.04. The SMILES string of the molecule is C=CO[C@H]1CO[C@H]2[C@@H]1OC[C@H]2O. The predicted octanol–water partition coefficient (Wildman–Crippen LogP) is -0.326. The molecular weight excluding hydrogens is 160 g/mol. The van der Waals surface area contributed by atoms with Crippen LogP contribution < -0.4 is 0 Å². The van der Waals surface area contributed by atoms with Crippen molar-refractivity contribution in [3.8, 4) is 0 Å². The molecule has 0 spiro atoms. The minimum atomic E-state index is -0.506. The number of hydrogen-bond donors (Lipinski definition) is 1. The van der Waals surface area contributed by atoms with Crippen LogP contribution in [0.1, 0.15) is 0 Å². The van der Waals surface area contributed by atoms with Gasteiger partial charge in [-0.3, -0.25) is 0 Å². The van der Waals surface area contributed by atoms with Crippen LogP contribution in [0, 0.1) is 0 Å². The largest absolute Gasteiger partial charge is 0.493 e. The molecule has 12 heavy (non-hydrogen) atoms. The van der Waals surface area contributed by atoms with Crippen molar-refractivity contribution < 1.29 is 19.3 Å². The van der Waals surface area contributed by atoms with Gasteiger partial charge >= 0.3 is 0 Å². The predicted molar refractivity (Wildman–Crippen MR) is 40.6 cm³/mol. The molecule has 2 aliphatic rings. The summed E-state index contributed by atoms with van der Waals surface area (Å²) in [6.45, 7) is 4.27. The van der Waals surface area contributed by atoms with E-state index in [4.69, 9.17) is 14.2 Å². The Kier molecular flexibility index (Phi) is 2.04. The number of aliphatic hydroxyl groups is 1. The highest BCUT2D eigenvalue weighted by atomic mass is 16.6. The summed E-state index contributed by atoms with van der Waals surface area (Å²) < 4.78 is 15.8. The summed E-state index contributed by atoms with van der Waals surface area (Å²) >= 11 is 0. The molecule has 0 radical (unpaired) electrons. The van der Waals surface area contributed by atoms with Crippen LogP contribution in [0.4, 0.5) is 0 Å². The smallest absolute Gasteiger partial charge is 0.150 e. The highest BCUT2D eigenvalue weighted by Crippen LogP contribution is 2.28. The van der Waals surface area contributed by atoms with Gasteiger partial charge in [-0.1, -0.05) is 6.58 Å². The standard InChI is InChI=1S/C8H12O4/c1-2-10-6-4-12-7-5(9)3-11-8(6)7/h2,5-9H,1,3-4H2/t5-,6+,7-,8-/m1/s1. The van der Waals surface area contributed by atoms with Gasteiger partial charge in [0.15, 0.2) is 0 Å². The molecule has 2 saturated heterocycles. The average molecular weight is 172 g/mol. The van der Waals surface area contributed by atoms with E-state index in [9.17, 15) is 5.11 Å². The molecule has 0 aromatic rings. The number of ether oxygens (including phenoxy) is 3. The fourth-order valence-electron chi connectivity index (χ4n) is 1.68. The third-order valence-electron chi connectivity index (χ3n) is 2.25. The minimum Gasteiger partial charge on any atom is -0.493 e. The summed E-state index contributed by atoms with van der Waals surface area (Å²) in [5.74, 6) is 0. The van der Waals surface area contributed by atoms with Gasteiger partial charge in [0.1, 0.15) is 24.4 Å². The van der Waals surface area contributed by atoms with Crippen molar-refractivity contribution in [3.05, 3.63) is 12.8 Å². The molecule has 4 atom stereocenters. The molecule has 0 bridgehead atoms. The van der Waals surface area contributed by atoms with Crippen molar-refractivity contribution in [1.82, 2.24) is 0 Å². The summed E-state index contributed by atoms with van der Waals surface area (Å²) in [7, 11) is 0. The van der Waals surface area contributed by atoms with Gasteiger partial charge in [0.2, 0.25) is 0 Å². The van der Waals surface area contributed by atoms with Gasteiger partial charge in [0.25, 0.3) is 0 Å². The zero-order valence-electron chi connectivity index (χ0n) is 6.68. The van der Waals surface area contributed by atoms with Crippen molar-refractivity contribution in [2.24, 2.45) is 0 Å². The summed E-state index contributed by atoms with van der Waals surface area (Å²) in [6.07, 6.45) is 0.427. The van der Waals surface area contributed by atoms with Crippen LogP contribution in [0.5, 0.6) is 0 Å². The lowest BCUT2D eigenvalue weighted by Gasteiger charge is -2.14. The van der Waals surface area contributed by atoms with Crippen LogP contribution in [0.25, 0.3) is 0 Å². The summed E-state index contributed by atoms with van der Waals surface area (Å²) in [4.78, 5) is 0. The molecule has 0 amide bonds. The maximum Gasteiger partial charge on any atom is 0.150 e. The highest BCUT2D eigenvalue weighted by molar-refractivity contribution is 4.95. The minimum absolute atomic E-state index is 0.107. The molecule has 2 heterocycles. The maximum atomic E-state index is 9.35. The van der Waals surface area contributed by atoms with E-state index in [0.29, 0.717) is 13.2 Å². The molecule has 1 N–H and O–H groups in total. The second-order valence-corrected chi connectivity index (χ2v) is 3.00. The first-order valence-corrected chi connectivity index (χ1v) is 4.00. The van der Waals surface area contributed by atoms with E-state index in [1.165, 1.54) is 6.26 Å². The van der Waals surface area contributed by atoms with Gasteiger partial charge in [0.05, 0.1) is 19.5 Å². The topological polar surface area (TPSA) is 47.9 Å². The van der Waals surface area contributed by atoms with E-state index in [1.807, 2.05) is 0 Å². The fraction of sp³-hybridized carbons (Fsp3) is 0.750. The second kappa shape index (κ2) is 3.05. The van der Waals surface area contributed by atoms with Crippen LogP contribution in [-0.2, 0) is 14.2 Å². The number of fused-ring (bicyclic) bond motifs is 1. The van der Waals surface area contributed by atoms with E-state index in [0.717, 1.165) is 0 Å². The molecule has 2 fully saturated rings. The molecule has 0 saturated carbocycles. The van der Waals surface area contributed by atoms with Crippen LogP contribution in [-0.4, -0.2) is 42.7 Å². The van der Waals surface area contributed by atoms with E-state index in [-0.39, 0.29) is 18.3 Å². The average Bonchev–Trinajstić information content (AvgIpc) is 2.58. The van der Waals surface area contributed by atoms with Gasteiger partial charge < -0.3 is 19.3 Å². The molecular formula is C8H12O4. The molecule has 4 nitrogen and oxygen atoms in total. The van der Waals surface area contributed by atoms with Crippen LogP contribution in [0.15, 0.2) is 12.8 Å². The number of rotatable bonds is 2. The van der Waals surface area contributed by atoms with E-state index in [2.05, 4.69) is 6.58 Å². The monoisotopic (exact) mass is 172 g/mol. The Morgan fingerprint density at radius 2 is 2.08 bits per heavy atom. The van der Waals surface area contributed by atoms with E-state index < -0.39 is 6.10 Å². The maximum absolute atomic E-state index is 9.35. The zero-order chi connectivity index (χ0) is 8.55. The van der Waals surface area contributed by atoms with Crippen LogP contribution in [0.2, 0.25) is 0 Å². The normalized spacial score (nSPS) is 45.8. The summed E-state index contributed by atoms with van der Waals surface area (Å²) in [6, 6.07) is 0. The Morgan fingerprint density at radius 3 is 2.83 bits per heavy atom. The van der Waals surface area contributed by atoms with Gasteiger partial charge in [-0.2, -0.15) is 0 Å². The quantitative estimate of drug-likeness (QED) is 0.579. The van der Waals surface area contributed by atoms with Crippen molar-refractivity contribution in [2.75, 3.05) is 13.2 Å². The first-order chi connectivity index (χ1) is 5.83. The third-order valence-corrected chi connectivity index (χ3v) is 2.25. The molecule has 0 aromatic heterocycles. The summed E-state index contributed by atoms with van der Waals surface area (Å²) in [5, 5.41) is 9.35. The van der Waals surface area contributed by atoms with Crippen LogP contribution in [0.3, 0.4) is 0 Å². The van der Waals surface area contributed by atoms with Crippen molar-refractivity contribution >= 4 is 0 Å². The lowest BCUT2D eigenvalue weighted by molar-refractivity contribution is -0.00322. The highest BCUT2D eigenvalue weighted by Gasteiger charge is 2.47. The van der Waals surface area contributed by atoms with E-state index >= 15 is 0 Å². The van der Waals surface area contributed by atoms with Crippen molar-refractivity contribution in [3.63, 3.8) is 0 Å². The van der Waals surface area contributed by atoms with Gasteiger partial charge in [-0.05, 0) is 0 Å². The van der Waals surface area contributed by atoms with Crippen molar-refractivity contribution in [2.45, 2.75) is 24.4 Å². The Morgan fingerprint density at radius 1 is 1.33 bits per heavy atom. The van der Waals surface area contributed by atoms with Gasteiger partial charge in [-0.25, -0.2) is 0 Å². The molecule has 0 aliphatic carbocycles. The zero-order valence-corrected chi connectivity index (χ0v) is 6.68. The van der Waals surface area contributed by atoms with E-state index in [1.54, 1.807) is 0 Å². The van der Waals surface area contributed by atoms with Crippen molar-refractivity contribution in [1.29, 1.82) is 0 Å². The Bertz CT molecular complexity index is 182. The molecule has 68 valence electrons. The number of aliphatic hydroxyl groups excluding tert-OH is 1. The lowest BCUT2D eigenvalue weighted by Crippen LogP contribution is -2.31. The molecule has 2 rings (SSSR count). The fourth-order valence-corrected chi connectivity index (χ4v) is 1.68. The Hall–Kier alpha value is -0.580. The Balaban J connectivity index is 2.00. The second-order valence-electron chi connectivity index (χ2n) is 3.00. The number of hydrogen-bond acceptors (Lipinski definition) is 4. The van der Waals surface area contributed by atoms with Crippen LogP contribution >= 0.6 is 0 Å². The molecule has 0 unspecified atom stereocenters. The lowest BCUT2D eigenvalue weighted by atomic mass is 10.1. The first-order valence-electron chi connectivity index (χ1n) is 4.00. The summed E-state index contributed by atoms with van der Waals surface area (Å²) in [5.41, 5.74) is 0. The molecule has 2 aliphatic heterocycles.